The van der Waals surface area contributed by atoms with Crippen LogP contribution in [0.3, 0.4) is 0 Å². The number of hydrogen-bond acceptors (Lipinski definition) is 3. The molecular formula is C13H14FNO4. The highest BCUT2D eigenvalue weighted by Crippen LogP contribution is 2.46. The summed E-state index contributed by atoms with van der Waals surface area (Å²) in [6, 6.07) is 3.99. The van der Waals surface area contributed by atoms with E-state index < -0.39 is 23.1 Å². The second kappa shape index (κ2) is 4.87. The minimum absolute atomic E-state index is 0.0971. The monoisotopic (exact) mass is 267 g/mol. The van der Waals surface area contributed by atoms with E-state index in [-0.39, 0.29) is 11.4 Å². The van der Waals surface area contributed by atoms with Gasteiger partial charge in [0.1, 0.15) is 5.41 Å². The Morgan fingerprint density at radius 1 is 1.47 bits per heavy atom. The number of hydrogen-bond donors (Lipinski definition) is 2. The second-order valence-electron chi connectivity index (χ2n) is 4.42. The zero-order valence-electron chi connectivity index (χ0n) is 10.4. The predicted molar refractivity (Wildman–Crippen MR) is 65.5 cm³/mol. The van der Waals surface area contributed by atoms with Gasteiger partial charge in [0.15, 0.2) is 11.6 Å². The van der Waals surface area contributed by atoms with E-state index in [4.69, 9.17) is 9.84 Å². The van der Waals surface area contributed by atoms with Gasteiger partial charge in [-0.1, -0.05) is 0 Å². The third-order valence-corrected chi connectivity index (χ3v) is 3.08. The van der Waals surface area contributed by atoms with E-state index in [9.17, 15) is 14.0 Å². The van der Waals surface area contributed by atoms with Gasteiger partial charge < -0.3 is 15.2 Å². The Labute approximate surface area is 109 Å². The minimum atomic E-state index is -1.34. The normalized spacial score (nSPS) is 15.7. The molecule has 0 aliphatic heterocycles. The van der Waals surface area contributed by atoms with Gasteiger partial charge in [-0.3, -0.25) is 9.59 Å². The molecule has 19 heavy (non-hydrogen) atoms. The van der Waals surface area contributed by atoms with Crippen molar-refractivity contribution in [2.24, 2.45) is 5.41 Å². The first-order valence-electron chi connectivity index (χ1n) is 5.97. The van der Waals surface area contributed by atoms with Gasteiger partial charge >= 0.3 is 5.97 Å². The first kappa shape index (κ1) is 13.3. The summed E-state index contributed by atoms with van der Waals surface area (Å²) < 4.78 is 18.6. The Morgan fingerprint density at radius 3 is 2.63 bits per heavy atom. The number of rotatable bonds is 5. The summed E-state index contributed by atoms with van der Waals surface area (Å²) in [7, 11) is 0. The summed E-state index contributed by atoms with van der Waals surface area (Å²) in [6.07, 6.45) is 0.626. The lowest BCUT2D eigenvalue weighted by Gasteiger charge is -2.12. The number of ether oxygens (including phenoxy) is 1. The molecule has 1 amide bonds. The standard InChI is InChI=1S/C13H14FNO4/c1-2-19-10-4-3-8(7-9(10)14)15-11(16)13(5-6-13)12(17)18/h3-4,7H,2,5-6H2,1H3,(H,15,16)(H,17,18). The van der Waals surface area contributed by atoms with Crippen LogP contribution in [0.25, 0.3) is 0 Å². The molecule has 1 aromatic carbocycles. The average Bonchev–Trinajstić information content (AvgIpc) is 3.14. The van der Waals surface area contributed by atoms with Crippen LogP contribution in [-0.2, 0) is 9.59 Å². The Morgan fingerprint density at radius 2 is 2.16 bits per heavy atom. The zero-order valence-corrected chi connectivity index (χ0v) is 10.4. The van der Waals surface area contributed by atoms with E-state index in [0.717, 1.165) is 6.07 Å². The third kappa shape index (κ3) is 2.52. The van der Waals surface area contributed by atoms with Gasteiger partial charge in [0.05, 0.1) is 6.61 Å². The maximum absolute atomic E-state index is 13.6. The number of benzene rings is 1. The Bertz CT molecular complexity index is 525. The first-order chi connectivity index (χ1) is 8.99. The molecule has 1 fully saturated rings. The average molecular weight is 267 g/mol. The molecule has 0 heterocycles. The molecule has 1 saturated carbocycles. The van der Waals surface area contributed by atoms with E-state index in [1.807, 2.05) is 0 Å². The number of nitrogens with one attached hydrogen (secondary N) is 1. The number of carbonyl (C=O) groups excluding carboxylic acids is 1. The van der Waals surface area contributed by atoms with Crippen LogP contribution in [0.1, 0.15) is 19.8 Å². The van der Waals surface area contributed by atoms with Crippen molar-refractivity contribution in [3.8, 4) is 5.75 Å². The van der Waals surface area contributed by atoms with E-state index in [0.29, 0.717) is 19.4 Å². The van der Waals surface area contributed by atoms with Crippen molar-refractivity contribution in [3.05, 3.63) is 24.0 Å². The molecule has 1 aromatic rings. The van der Waals surface area contributed by atoms with Crippen LogP contribution in [-0.4, -0.2) is 23.6 Å². The van der Waals surface area contributed by atoms with Crippen LogP contribution < -0.4 is 10.1 Å². The number of carbonyl (C=O) groups is 2. The fourth-order valence-electron chi connectivity index (χ4n) is 1.76. The molecular weight excluding hydrogens is 253 g/mol. The van der Waals surface area contributed by atoms with Crippen molar-refractivity contribution in [1.82, 2.24) is 0 Å². The maximum Gasteiger partial charge on any atom is 0.319 e. The van der Waals surface area contributed by atoms with Crippen molar-refractivity contribution < 1.29 is 23.8 Å². The van der Waals surface area contributed by atoms with Crippen molar-refractivity contribution in [1.29, 1.82) is 0 Å². The Kier molecular flexibility index (Phi) is 3.42. The summed E-state index contributed by atoms with van der Waals surface area (Å²) in [5, 5.41) is 11.4. The fraction of sp³-hybridized carbons (Fsp3) is 0.385. The predicted octanol–water partition coefficient (Wildman–Crippen LogP) is 2.03. The van der Waals surface area contributed by atoms with Gasteiger partial charge in [0.25, 0.3) is 0 Å². The van der Waals surface area contributed by atoms with E-state index in [2.05, 4.69) is 5.32 Å². The zero-order chi connectivity index (χ0) is 14.0. The molecule has 0 atom stereocenters. The summed E-state index contributed by atoms with van der Waals surface area (Å²) in [5.74, 6) is -2.25. The molecule has 0 bridgehead atoms. The number of halogens is 1. The van der Waals surface area contributed by atoms with Crippen LogP contribution in [0.5, 0.6) is 5.75 Å². The quantitative estimate of drug-likeness (QED) is 0.800. The topological polar surface area (TPSA) is 75.6 Å². The lowest BCUT2D eigenvalue weighted by molar-refractivity contribution is -0.147. The van der Waals surface area contributed by atoms with Crippen LogP contribution in [0.4, 0.5) is 10.1 Å². The molecule has 6 heteroatoms. The molecule has 1 aliphatic carbocycles. The highest BCUT2D eigenvalue weighted by molar-refractivity contribution is 6.10. The molecule has 0 aromatic heterocycles. The number of aliphatic carboxylic acids is 1. The smallest absolute Gasteiger partial charge is 0.319 e. The van der Waals surface area contributed by atoms with Gasteiger partial charge in [0, 0.05) is 11.8 Å². The molecule has 1 aliphatic rings. The van der Waals surface area contributed by atoms with Crippen molar-refractivity contribution in [2.45, 2.75) is 19.8 Å². The molecule has 102 valence electrons. The highest BCUT2D eigenvalue weighted by atomic mass is 19.1. The summed E-state index contributed by atoms with van der Waals surface area (Å²) in [6.45, 7) is 2.07. The van der Waals surface area contributed by atoms with E-state index >= 15 is 0 Å². The lowest BCUT2D eigenvalue weighted by atomic mass is 10.1. The number of amides is 1. The van der Waals surface area contributed by atoms with Gasteiger partial charge in [-0.15, -0.1) is 0 Å². The van der Waals surface area contributed by atoms with Crippen molar-refractivity contribution in [2.75, 3.05) is 11.9 Å². The molecule has 5 nitrogen and oxygen atoms in total. The van der Waals surface area contributed by atoms with Gasteiger partial charge in [-0.05, 0) is 31.9 Å². The fourth-order valence-corrected chi connectivity index (χ4v) is 1.76. The number of anilines is 1. The molecule has 2 N–H and O–H groups in total. The van der Waals surface area contributed by atoms with Crippen LogP contribution in [0, 0.1) is 11.2 Å². The van der Waals surface area contributed by atoms with Gasteiger partial charge in [0.2, 0.25) is 5.91 Å². The molecule has 0 radical (unpaired) electrons. The summed E-state index contributed by atoms with van der Waals surface area (Å²) >= 11 is 0. The van der Waals surface area contributed by atoms with Gasteiger partial charge in [-0.25, -0.2) is 4.39 Å². The maximum atomic E-state index is 13.6. The van der Waals surface area contributed by atoms with Crippen molar-refractivity contribution >= 4 is 17.6 Å². The SMILES string of the molecule is CCOc1ccc(NC(=O)C2(C(=O)O)CC2)cc1F. The third-order valence-electron chi connectivity index (χ3n) is 3.08. The minimum Gasteiger partial charge on any atom is -0.491 e. The van der Waals surface area contributed by atoms with Crippen LogP contribution >= 0.6 is 0 Å². The summed E-state index contributed by atoms with van der Waals surface area (Å²) in [5.41, 5.74) is -1.12. The molecule has 0 unspecified atom stereocenters. The lowest BCUT2D eigenvalue weighted by Crippen LogP contribution is -2.31. The second-order valence-corrected chi connectivity index (χ2v) is 4.42. The molecule has 2 rings (SSSR count). The largest absolute Gasteiger partial charge is 0.491 e. The van der Waals surface area contributed by atoms with E-state index in [1.165, 1.54) is 12.1 Å². The van der Waals surface area contributed by atoms with Crippen LogP contribution in [0.15, 0.2) is 18.2 Å². The Hall–Kier alpha value is -2.11. The Balaban J connectivity index is 2.10. The van der Waals surface area contributed by atoms with E-state index in [1.54, 1.807) is 6.92 Å². The molecule has 0 spiro atoms. The van der Waals surface area contributed by atoms with Crippen LogP contribution in [0.2, 0.25) is 0 Å². The summed E-state index contributed by atoms with van der Waals surface area (Å²) in [4.78, 5) is 22.8. The highest BCUT2D eigenvalue weighted by Gasteiger charge is 2.57. The number of carboxylic acid groups (broad SMARTS) is 1. The molecule has 0 saturated heterocycles. The first-order valence-corrected chi connectivity index (χ1v) is 5.97. The van der Waals surface area contributed by atoms with Crippen molar-refractivity contribution in [3.63, 3.8) is 0 Å². The number of carboxylic acids is 1. The van der Waals surface area contributed by atoms with Gasteiger partial charge in [-0.2, -0.15) is 0 Å².